The molecule has 0 saturated carbocycles. The van der Waals surface area contributed by atoms with Crippen LogP contribution >= 0.6 is 15.9 Å². The van der Waals surface area contributed by atoms with E-state index in [1.165, 1.54) is 11.0 Å². The maximum atomic E-state index is 12.0. The van der Waals surface area contributed by atoms with Gasteiger partial charge in [0.05, 0.1) is 6.54 Å². The first kappa shape index (κ1) is 18.4. The average molecular weight is 367 g/mol. The zero-order valence-corrected chi connectivity index (χ0v) is 15.3. The van der Waals surface area contributed by atoms with E-state index < -0.39 is 0 Å². The highest BCUT2D eigenvalue weighted by molar-refractivity contribution is 9.10. The molecule has 1 aromatic rings. The summed E-state index contributed by atoms with van der Waals surface area (Å²) in [6.07, 6.45) is 3.35. The molecule has 0 saturated heterocycles. The third kappa shape index (κ3) is 6.43. The van der Waals surface area contributed by atoms with Crippen LogP contribution in [0, 0.1) is 12.3 Å². The molecule has 0 radical (unpaired) electrons. The number of nitrogens with zero attached hydrogens (tertiary/aromatic N) is 1. The van der Waals surface area contributed by atoms with Crippen molar-refractivity contribution >= 4 is 33.4 Å². The lowest BCUT2D eigenvalue weighted by molar-refractivity contribution is -0.129. The van der Waals surface area contributed by atoms with Gasteiger partial charge in [0.1, 0.15) is 0 Å². The fourth-order valence-corrected chi connectivity index (χ4v) is 2.17. The Bertz CT molecular complexity index is 589. The molecule has 0 atom stereocenters. The second-order valence-electron chi connectivity index (χ2n) is 6.40. The Kier molecular flexibility index (Phi) is 6.35. The lowest BCUT2D eigenvalue weighted by Gasteiger charge is -2.17. The highest BCUT2D eigenvalue weighted by Gasteiger charge is 2.13. The minimum Gasteiger partial charge on any atom is -0.333 e. The smallest absolute Gasteiger partial charge is 0.246 e. The number of hydrogen-bond donors (Lipinski definition) is 1. The number of carbonyl (C=O) groups excluding carboxylic acids is 2. The van der Waals surface area contributed by atoms with Crippen LogP contribution in [0.4, 0.5) is 5.69 Å². The van der Waals surface area contributed by atoms with Crippen molar-refractivity contribution in [3.8, 4) is 0 Å². The quantitative estimate of drug-likeness (QED) is 0.824. The number of halogens is 1. The summed E-state index contributed by atoms with van der Waals surface area (Å²) >= 11 is 3.38. The van der Waals surface area contributed by atoms with Crippen molar-refractivity contribution in [3.63, 3.8) is 0 Å². The molecule has 1 aromatic carbocycles. The van der Waals surface area contributed by atoms with E-state index >= 15 is 0 Å². The van der Waals surface area contributed by atoms with Crippen LogP contribution < -0.4 is 5.32 Å². The molecule has 0 aliphatic rings. The fraction of sp³-hybridized carbons (Fsp3) is 0.412. The lowest BCUT2D eigenvalue weighted by atomic mass is 9.96. The van der Waals surface area contributed by atoms with E-state index in [9.17, 15) is 9.59 Å². The molecule has 0 bridgehead atoms. The number of carbonyl (C=O) groups is 2. The maximum Gasteiger partial charge on any atom is 0.246 e. The van der Waals surface area contributed by atoms with Gasteiger partial charge in [-0.05, 0) is 42.2 Å². The summed E-state index contributed by atoms with van der Waals surface area (Å²) in [4.78, 5) is 25.4. The summed E-state index contributed by atoms with van der Waals surface area (Å²) < 4.78 is 0.961. The molecule has 0 unspecified atom stereocenters. The van der Waals surface area contributed by atoms with Crippen molar-refractivity contribution in [2.24, 2.45) is 5.41 Å². The van der Waals surface area contributed by atoms with Crippen molar-refractivity contribution in [1.29, 1.82) is 0 Å². The molecular weight excluding hydrogens is 344 g/mol. The van der Waals surface area contributed by atoms with Gasteiger partial charge in [0.2, 0.25) is 11.8 Å². The van der Waals surface area contributed by atoms with Gasteiger partial charge in [-0.2, -0.15) is 0 Å². The zero-order valence-electron chi connectivity index (χ0n) is 13.7. The van der Waals surface area contributed by atoms with Crippen LogP contribution in [0.2, 0.25) is 0 Å². The summed E-state index contributed by atoms with van der Waals surface area (Å²) in [5, 5.41) is 2.82. The van der Waals surface area contributed by atoms with Gasteiger partial charge in [0.25, 0.3) is 0 Å². The summed E-state index contributed by atoms with van der Waals surface area (Å²) in [6.45, 7) is 7.98. The van der Waals surface area contributed by atoms with Gasteiger partial charge in [-0.1, -0.05) is 42.8 Å². The number of benzene rings is 1. The van der Waals surface area contributed by atoms with Gasteiger partial charge in [-0.3, -0.25) is 9.59 Å². The van der Waals surface area contributed by atoms with E-state index in [4.69, 9.17) is 0 Å². The lowest BCUT2D eigenvalue weighted by Crippen LogP contribution is -2.34. The Balaban J connectivity index is 2.61. The molecule has 4 nitrogen and oxygen atoms in total. The average Bonchev–Trinajstić information content (AvgIpc) is 2.38. The topological polar surface area (TPSA) is 49.4 Å². The molecule has 0 spiro atoms. The van der Waals surface area contributed by atoms with Crippen molar-refractivity contribution in [1.82, 2.24) is 4.90 Å². The van der Waals surface area contributed by atoms with Gasteiger partial charge in [0, 0.05) is 17.2 Å². The zero-order chi connectivity index (χ0) is 16.9. The number of rotatable bonds is 4. The Morgan fingerprint density at radius 1 is 1.32 bits per heavy atom. The summed E-state index contributed by atoms with van der Waals surface area (Å²) in [7, 11) is 1.61. The summed E-state index contributed by atoms with van der Waals surface area (Å²) in [5.41, 5.74) is 1.65. The van der Waals surface area contributed by atoms with Crippen molar-refractivity contribution < 1.29 is 9.59 Å². The summed E-state index contributed by atoms with van der Waals surface area (Å²) in [6, 6.07) is 5.62. The van der Waals surface area contributed by atoms with E-state index in [0.717, 1.165) is 15.7 Å². The molecule has 0 fully saturated rings. The van der Waals surface area contributed by atoms with E-state index in [-0.39, 0.29) is 23.8 Å². The number of likely N-dealkylation sites (N-methyl/N-ethyl adjacent to an activating group) is 1. The third-order valence-corrected chi connectivity index (χ3v) is 3.44. The van der Waals surface area contributed by atoms with Gasteiger partial charge in [-0.15, -0.1) is 0 Å². The number of amides is 2. The monoisotopic (exact) mass is 366 g/mol. The van der Waals surface area contributed by atoms with Gasteiger partial charge in [-0.25, -0.2) is 0 Å². The summed E-state index contributed by atoms with van der Waals surface area (Å²) in [5.74, 6) is -0.400. The second kappa shape index (κ2) is 7.58. The fourth-order valence-electron chi connectivity index (χ4n) is 1.70. The predicted octanol–water partition coefficient (Wildman–Crippen LogP) is 3.76. The predicted molar refractivity (Wildman–Crippen MR) is 93.7 cm³/mol. The van der Waals surface area contributed by atoms with Crippen molar-refractivity contribution in [3.05, 3.63) is 40.4 Å². The first-order valence-corrected chi connectivity index (χ1v) is 7.88. The van der Waals surface area contributed by atoms with Crippen LogP contribution in [0.25, 0.3) is 0 Å². The minimum absolute atomic E-state index is 0.0167. The number of aryl methyl sites for hydroxylation is 1. The highest BCUT2D eigenvalue weighted by Crippen LogP contribution is 2.20. The van der Waals surface area contributed by atoms with Crippen LogP contribution in [-0.4, -0.2) is 30.3 Å². The standard InChI is InChI=1S/C17H23BrN2O2/c1-12-10-13(18)6-7-14(12)19-15(21)11-20(5)16(22)8-9-17(2,3)4/h6-10H,11H2,1-5H3,(H,19,21). The molecule has 0 aromatic heterocycles. The Morgan fingerprint density at radius 3 is 2.50 bits per heavy atom. The van der Waals surface area contributed by atoms with Crippen molar-refractivity contribution in [2.75, 3.05) is 18.9 Å². The van der Waals surface area contributed by atoms with Crippen LogP contribution in [0.15, 0.2) is 34.8 Å². The van der Waals surface area contributed by atoms with Gasteiger partial charge < -0.3 is 10.2 Å². The number of nitrogens with one attached hydrogen (secondary N) is 1. The normalized spacial score (nSPS) is 11.5. The molecule has 0 aliphatic heterocycles. The Hall–Kier alpha value is -1.62. The van der Waals surface area contributed by atoms with Crippen molar-refractivity contribution in [2.45, 2.75) is 27.7 Å². The Labute approximate surface area is 140 Å². The number of anilines is 1. The number of hydrogen-bond acceptors (Lipinski definition) is 2. The number of allylic oxidation sites excluding steroid dienone is 1. The molecule has 120 valence electrons. The maximum absolute atomic E-state index is 12.0. The Morgan fingerprint density at radius 2 is 1.95 bits per heavy atom. The van der Waals surface area contributed by atoms with Crippen LogP contribution in [-0.2, 0) is 9.59 Å². The minimum atomic E-state index is -0.217. The molecular formula is C17H23BrN2O2. The van der Waals surface area contributed by atoms with Crippen LogP contribution in [0.3, 0.4) is 0 Å². The van der Waals surface area contributed by atoms with E-state index in [1.807, 2.05) is 52.0 Å². The largest absolute Gasteiger partial charge is 0.333 e. The van der Waals surface area contributed by atoms with Crippen LogP contribution in [0.1, 0.15) is 26.3 Å². The first-order chi connectivity index (χ1) is 10.1. The second-order valence-corrected chi connectivity index (χ2v) is 7.32. The van der Waals surface area contributed by atoms with Gasteiger partial charge in [0.15, 0.2) is 0 Å². The highest BCUT2D eigenvalue weighted by atomic mass is 79.9. The van der Waals surface area contributed by atoms with E-state index in [2.05, 4.69) is 21.2 Å². The molecule has 0 aliphatic carbocycles. The molecule has 0 heterocycles. The molecule has 1 N–H and O–H groups in total. The molecule has 5 heteroatoms. The van der Waals surface area contributed by atoms with E-state index in [0.29, 0.717) is 0 Å². The van der Waals surface area contributed by atoms with Crippen LogP contribution in [0.5, 0.6) is 0 Å². The SMILES string of the molecule is Cc1cc(Br)ccc1NC(=O)CN(C)C(=O)C=CC(C)(C)C. The molecule has 1 rings (SSSR count). The van der Waals surface area contributed by atoms with Gasteiger partial charge >= 0.3 is 0 Å². The third-order valence-electron chi connectivity index (χ3n) is 2.95. The van der Waals surface area contributed by atoms with E-state index in [1.54, 1.807) is 7.05 Å². The molecule has 22 heavy (non-hydrogen) atoms. The first-order valence-electron chi connectivity index (χ1n) is 7.09. The molecule has 2 amide bonds.